The summed E-state index contributed by atoms with van der Waals surface area (Å²) in [5.41, 5.74) is 0. The average molecular weight is 465 g/mol. The van der Waals surface area contributed by atoms with Gasteiger partial charge in [-0.25, -0.2) is 8.42 Å². The number of ether oxygens (including phenoxy) is 4. The summed E-state index contributed by atoms with van der Waals surface area (Å²) in [6.45, 7) is 3.63. The van der Waals surface area contributed by atoms with Crippen LogP contribution in [0.15, 0.2) is 53.4 Å². The van der Waals surface area contributed by atoms with Gasteiger partial charge in [-0.3, -0.25) is 4.79 Å². The minimum Gasteiger partial charge on any atom is -0.493 e. The third-order valence-electron chi connectivity index (χ3n) is 4.84. The van der Waals surface area contributed by atoms with E-state index in [1.807, 2.05) is 6.07 Å². The summed E-state index contributed by atoms with van der Waals surface area (Å²) in [6.07, 6.45) is -0.712. The lowest BCUT2D eigenvalue weighted by molar-refractivity contribution is -0.127. The van der Waals surface area contributed by atoms with Crippen LogP contribution < -0.4 is 19.5 Å². The molecule has 10 heteroatoms. The number of carbonyl (C=O) groups excluding carboxylic acids is 1. The zero-order valence-electron chi connectivity index (χ0n) is 18.2. The van der Waals surface area contributed by atoms with Gasteiger partial charge < -0.3 is 24.3 Å². The van der Waals surface area contributed by atoms with Gasteiger partial charge in [0.15, 0.2) is 17.6 Å². The number of benzene rings is 2. The lowest BCUT2D eigenvalue weighted by Gasteiger charge is -2.26. The third-order valence-corrected chi connectivity index (χ3v) is 6.76. The van der Waals surface area contributed by atoms with Gasteiger partial charge in [0.1, 0.15) is 12.4 Å². The van der Waals surface area contributed by atoms with Crippen LogP contribution in [0.3, 0.4) is 0 Å². The third kappa shape index (κ3) is 6.12. The van der Waals surface area contributed by atoms with Gasteiger partial charge in [0.25, 0.3) is 5.91 Å². The van der Waals surface area contributed by atoms with E-state index >= 15 is 0 Å². The van der Waals surface area contributed by atoms with Crippen LogP contribution in [-0.4, -0.2) is 71.3 Å². The van der Waals surface area contributed by atoms with Crippen molar-refractivity contribution < 1.29 is 32.2 Å². The lowest BCUT2D eigenvalue weighted by Crippen LogP contribution is -2.40. The van der Waals surface area contributed by atoms with Crippen LogP contribution in [-0.2, 0) is 19.6 Å². The Balaban J connectivity index is 1.43. The van der Waals surface area contributed by atoms with Crippen LogP contribution in [0.4, 0.5) is 0 Å². The maximum absolute atomic E-state index is 12.6. The molecule has 2 aromatic carbocycles. The van der Waals surface area contributed by atoms with Crippen molar-refractivity contribution >= 4 is 15.9 Å². The Labute approximate surface area is 188 Å². The summed E-state index contributed by atoms with van der Waals surface area (Å²) >= 11 is 0. The van der Waals surface area contributed by atoms with Crippen molar-refractivity contribution in [2.75, 3.05) is 46.6 Å². The maximum Gasteiger partial charge on any atom is 0.260 e. The van der Waals surface area contributed by atoms with Gasteiger partial charge in [-0.05, 0) is 43.3 Å². The molecule has 32 heavy (non-hydrogen) atoms. The molecule has 0 aromatic heterocycles. The van der Waals surface area contributed by atoms with E-state index in [-0.39, 0.29) is 24.0 Å². The summed E-state index contributed by atoms with van der Waals surface area (Å²) in [4.78, 5) is 12.5. The fourth-order valence-electron chi connectivity index (χ4n) is 3.09. The Morgan fingerprint density at radius 3 is 2.41 bits per heavy atom. The highest BCUT2D eigenvalue weighted by Gasteiger charge is 2.26. The Morgan fingerprint density at radius 2 is 1.75 bits per heavy atom. The van der Waals surface area contributed by atoms with Crippen molar-refractivity contribution in [1.29, 1.82) is 0 Å². The summed E-state index contributed by atoms with van der Waals surface area (Å²) in [5, 5.41) is 2.74. The molecule has 3 rings (SSSR count). The molecule has 1 atom stereocenters. The standard InChI is InChI=1S/C22H28N2O7S/c1-17(31-21-6-4-3-5-20(21)28-2)22(25)23-11-14-30-18-7-9-19(10-8-18)32(26,27)24-12-15-29-16-13-24/h3-10,17H,11-16H2,1-2H3,(H,23,25)/t17-/m1/s1. The van der Waals surface area contributed by atoms with Crippen molar-refractivity contribution in [3.8, 4) is 17.2 Å². The maximum atomic E-state index is 12.6. The summed E-state index contributed by atoms with van der Waals surface area (Å²) < 4.78 is 48.4. The van der Waals surface area contributed by atoms with Crippen molar-refractivity contribution in [3.05, 3.63) is 48.5 Å². The van der Waals surface area contributed by atoms with Crippen molar-refractivity contribution in [3.63, 3.8) is 0 Å². The Morgan fingerprint density at radius 1 is 1.09 bits per heavy atom. The van der Waals surface area contributed by atoms with Crippen LogP contribution in [0.5, 0.6) is 17.2 Å². The second-order valence-electron chi connectivity index (χ2n) is 7.04. The van der Waals surface area contributed by atoms with Gasteiger partial charge in [0.05, 0.1) is 31.8 Å². The van der Waals surface area contributed by atoms with Gasteiger partial charge in [-0.2, -0.15) is 4.31 Å². The van der Waals surface area contributed by atoms with Gasteiger partial charge in [-0.1, -0.05) is 12.1 Å². The normalized spacial score (nSPS) is 15.6. The molecule has 1 fully saturated rings. The number of methoxy groups -OCH3 is 1. The zero-order chi connectivity index (χ0) is 23.0. The minimum absolute atomic E-state index is 0.211. The van der Waals surface area contributed by atoms with Crippen molar-refractivity contribution in [2.24, 2.45) is 0 Å². The number of nitrogens with zero attached hydrogens (tertiary/aromatic N) is 1. The zero-order valence-corrected chi connectivity index (χ0v) is 19.0. The number of sulfonamides is 1. The number of hydrogen-bond donors (Lipinski definition) is 1. The first kappa shape index (κ1) is 23.8. The van der Waals surface area contributed by atoms with Crippen LogP contribution in [0, 0.1) is 0 Å². The topological polar surface area (TPSA) is 103 Å². The first-order valence-electron chi connectivity index (χ1n) is 10.3. The molecule has 0 aliphatic carbocycles. The molecule has 1 aliphatic rings. The number of rotatable bonds is 10. The first-order chi connectivity index (χ1) is 15.4. The Bertz CT molecular complexity index is 990. The van der Waals surface area contributed by atoms with E-state index in [2.05, 4.69) is 5.32 Å². The fourth-order valence-corrected chi connectivity index (χ4v) is 4.50. The highest BCUT2D eigenvalue weighted by Crippen LogP contribution is 2.26. The average Bonchev–Trinajstić information content (AvgIpc) is 2.83. The number of amides is 1. The van der Waals surface area contributed by atoms with Crippen molar-refractivity contribution in [2.45, 2.75) is 17.9 Å². The quantitative estimate of drug-likeness (QED) is 0.534. The first-order valence-corrected chi connectivity index (χ1v) is 11.7. The predicted octanol–water partition coefficient (Wildman–Crippen LogP) is 1.68. The lowest BCUT2D eigenvalue weighted by atomic mass is 10.3. The molecule has 0 unspecified atom stereocenters. The molecule has 1 aliphatic heterocycles. The fraction of sp³-hybridized carbons (Fsp3) is 0.409. The highest BCUT2D eigenvalue weighted by molar-refractivity contribution is 7.89. The van der Waals surface area contributed by atoms with Crippen LogP contribution in [0.25, 0.3) is 0 Å². The highest BCUT2D eigenvalue weighted by atomic mass is 32.2. The SMILES string of the molecule is COc1ccccc1O[C@H](C)C(=O)NCCOc1ccc(S(=O)(=O)N2CCOCC2)cc1. The molecule has 9 nitrogen and oxygen atoms in total. The monoisotopic (exact) mass is 464 g/mol. The molecule has 1 saturated heterocycles. The van der Waals surface area contributed by atoms with E-state index in [9.17, 15) is 13.2 Å². The second kappa shape index (κ2) is 11.2. The number of carbonyl (C=O) groups is 1. The van der Waals surface area contributed by atoms with Gasteiger partial charge in [-0.15, -0.1) is 0 Å². The molecule has 0 bridgehead atoms. The van der Waals surface area contributed by atoms with Gasteiger partial charge in [0.2, 0.25) is 10.0 Å². The number of morpholine rings is 1. The van der Waals surface area contributed by atoms with E-state index in [1.54, 1.807) is 37.3 Å². The van der Waals surface area contributed by atoms with E-state index in [0.717, 1.165) is 0 Å². The Kier molecular flexibility index (Phi) is 8.32. The van der Waals surface area contributed by atoms with Crippen molar-refractivity contribution in [1.82, 2.24) is 9.62 Å². The molecule has 1 amide bonds. The molecule has 0 radical (unpaired) electrons. The van der Waals surface area contributed by atoms with Crippen LogP contribution in [0.2, 0.25) is 0 Å². The summed E-state index contributed by atoms with van der Waals surface area (Å²) in [5.74, 6) is 1.26. The van der Waals surface area contributed by atoms with Crippen LogP contribution in [0.1, 0.15) is 6.92 Å². The summed E-state index contributed by atoms with van der Waals surface area (Å²) in [6, 6.07) is 13.3. The predicted molar refractivity (Wildman–Crippen MR) is 118 cm³/mol. The molecular formula is C22H28N2O7S. The largest absolute Gasteiger partial charge is 0.493 e. The Hall–Kier alpha value is -2.82. The van der Waals surface area contributed by atoms with E-state index < -0.39 is 16.1 Å². The van der Waals surface area contributed by atoms with E-state index in [4.69, 9.17) is 18.9 Å². The molecule has 1 N–H and O–H groups in total. The molecule has 0 saturated carbocycles. The smallest absolute Gasteiger partial charge is 0.260 e. The molecule has 1 heterocycles. The summed E-state index contributed by atoms with van der Waals surface area (Å²) in [7, 11) is -2.00. The number of nitrogens with one attached hydrogen (secondary N) is 1. The molecule has 2 aromatic rings. The van der Waals surface area contributed by atoms with Gasteiger partial charge >= 0.3 is 0 Å². The molecule has 0 spiro atoms. The van der Waals surface area contributed by atoms with E-state index in [1.165, 1.54) is 23.5 Å². The number of hydrogen-bond acceptors (Lipinski definition) is 7. The molecular weight excluding hydrogens is 436 g/mol. The minimum atomic E-state index is -3.54. The van der Waals surface area contributed by atoms with Gasteiger partial charge in [0, 0.05) is 13.1 Å². The number of para-hydroxylation sites is 2. The molecule has 174 valence electrons. The van der Waals surface area contributed by atoms with E-state index in [0.29, 0.717) is 43.6 Å². The van der Waals surface area contributed by atoms with Crippen LogP contribution >= 0.6 is 0 Å². The second-order valence-corrected chi connectivity index (χ2v) is 8.98.